The predicted molar refractivity (Wildman–Crippen MR) is 109 cm³/mol. The number of halogens is 1. The van der Waals surface area contributed by atoms with Gasteiger partial charge in [0.25, 0.3) is 0 Å². The summed E-state index contributed by atoms with van der Waals surface area (Å²) >= 11 is 0. The molecule has 2 rings (SSSR count). The Balaban J connectivity index is 2.27. The summed E-state index contributed by atoms with van der Waals surface area (Å²) in [6, 6.07) is 6.21. The van der Waals surface area contributed by atoms with E-state index >= 15 is 0 Å². The van der Waals surface area contributed by atoms with E-state index in [1.807, 2.05) is 26.8 Å². The molecule has 1 fully saturated rings. The molecule has 27 heavy (non-hydrogen) atoms. The number of nitrogens with zero attached hydrogens (tertiary/aromatic N) is 1. The number of rotatable bonds is 3. The third kappa shape index (κ3) is 5.54. The summed E-state index contributed by atoms with van der Waals surface area (Å²) in [7, 11) is -1.98. The van der Waals surface area contributed by atoms with Crippen molar-refractivity contribution in [2.24, 2.45) is 0 Å². The highest BCUT2D eigenvalue weighted by atomic mass is 28.4. The van der Waals surface area contributed by atoms with Gasteiger partial charge in [0.1, 0.15) is 11.4 Å². The van der Waals surface area contributed by atoms with E-state index in [-0.39, 0.29) is 29.1 Å². The fraction of sp³-hybridized carbons (Fsp3) is 0.667. The van der Waals surface area contributed by atoms with Crippen molar-refractivity contribution < 1.29 is 18.3 Å². The molecule has 1 amide bonds. The van der Waals surface area contributed by atoms with Gasteiger partial charge >= 0.3 is 6.09 Å². The summed E-state index contributed by atoms with van der Waals surface area (Å²) in [5.41, 5.74) is 0.198. The molecule has 0 radical (unpaired) electrons. The lowest BCUT2D eigenvalue weighted by Crippen LogP contribution is -2.45. The number of carbonyl (C=O) groups is 1. The van der Waals surface area contributed by atoms with Gasteiger partial charge in [-0.3, -0.25) is 4.90 Å². The standard InChI is InChI=1S/C21H34FNO3Si/c1-20(2,3)25-19(24)23-14-17(26-27(7,8)21(4,5)6)13-18(23)15-10-9-11-16(22)12-15/h9-12,17-18H,13-14H2,1-8H3. The first-order chi connectivity index (χ1) is 12.2. The molecule has 1 aliphatic heterocycles. The molecule has 4 nitrogen and oxygen atoms in total. The first-order valence-corrected chi connectivity index (χ1v) is 12.5. The Labute approximate surface area is 164 Å². The van der Waals surface area contributed by atoms with Crippen molar-refractivity contribution in [3.8, 4) is 0 Å². The molecular weight excluding hydrogens is 361 g/mol. The van der Waals surface area contributed by atoms with E-state index in [1.54, 1.807) is 11.0 Å². The zero-order valence-electron chi connectivity index (χ0n) is 17.9. The van der Waals surface area contributed by atoms with Crippen LogP contribution in [0.3, 0.4) is 0 Å². The number of benzene rings is 1. The van der Waals surface area contributed by atoms with Gasteiger partial charge in [0.05, 0.1) is 12.1 Å². The van der Waals surface area contributed by atoms with Crippen LogP contribution in [0.25, 0.3) is 0 Å². The first-order valence-electron chi connectivity index (χ1n) is 9.62. The van der Waals surface area contributed by atoms with Gasteiger partial charge in [-0.05, 0) is 63.0 Å². The van der Waals surface area contributed by atoms with Gasteiger partial charge in [0.2, 0.25) is 0 Å². The van der Waals surface area contributed by atoms with Crippen LogP contribution in [-0.4, -0.2) is 37.6 Å². The van der Waals surface area contributed by atoms with E-state index in [9.17, 15) is 9.18 Å². The summed E-state index contributed by atoms with van der Waals surface area (Å²) < 4.78 is 25.9. The van der Waals surface area contributed by atoms with Crippen molar-refractivity contribution >= 4 is 14.4 Å². The Hall–Kier alpha value is -1.40. The Morgan fingerprint density at radius 1 is 1.19 bits per heavy atom. The van der Waals surface area contributed by atoms with Gasteiger partial charge in [-0.15, -0.1) is 0 Å². The monoisotopic (exact) mass is 395 g/mol. The molecule has 6 heteroatoms. The minimum absolute atomic E-state index is 0.0772. The molecule has 2 unspecified atom stereocenters. The second-order valence-corrected chi connectivity index (χ2v) is 14.7. The van der Waals surface area contributed by atoms with Crippen molar-refractivity contribution in [2.75, 3.05) is 6.54 Å². The van der Waals surface area contributed by atoms with Gasteiger partial charge in [0, 0.05) is 6.54 Å². The van der Waals surface area contributed by atoms with Crippen LogP contribution >= 0.6 is 0 Å². The van der Waals surface area contributed by atoms with Crippen LogP contribution < -0.4 is 0 Å². The summed E-state index contributed by atoms with van der Waals surface area (Å²) in [6.07, 6.45) is 0.194. The normalized spacial score (nSPS) is 21.4. The fourth-order valence-corrected chi connectivity index (χ4v) is 4.39. The van der Waals surface area contributed by atoms with E-state index in [2.05, 4.69) is 33.9 Å². The van der Waals surface area contributed by atoms with Gasteiger partial charge in [-0.25, -0.2) is 9.18 Å². The van der Waals surface area contributed by atoms with E-state index in [1.165, 1.54) is 12.1 Å². The smallest absolute Gasteiger partial charge is 0.410 e. The molecule has 1 heterocycles. The highest BCUT2D eigenvalue weighted by Gasteiger charge is 2.44. The van der Waals surface area contributed by atoms with Crippen molar-refractivity contribution in [3.63, 3.8) is 0 Å². The number of hydrogen-bond acceptors (Lipinski definition) is 3. The maximum Gasteiger partial charge on any atom is 0.410 e. The maximum absolute atomic E-state index is 13.8. The van der Waals surface area contributed by atoms with Gasteiger partial charge in [0.15, 0.2) is 8.32 Å². The van der Waals surface area contributed by atoms with Crippen molar-refractivity contribution in [1.29, 1.82) is 0 Å². The molecule has 152 valence electrons. The van der Waals surface area contributed by atoms with Crippen molar-refractivity contribution in [1.82, 2.24) is 4.90 Å². The Morgan fingerprint density at radius 3 is 2.33 bits per heavy atom. The van der Waals surface area contributed by atoms with Crippen LogP contribution in [0, 0.1) is 5.82 Å². The van der Waals surface area contributed by atoms with Crippen LogP contribution in [0.4, 0.5) is 9.18 Å². The van der Waals surface area contributed by atoms with Crippen LogP contribution in [0.15, 0.2) is 24.3 Å². The highest BCUT2D eigenvalue weighted by molar-refractivity contribution is 6.74. The lowest BCUT2D eigenvalue weighted by Gasteiger charge is -2.38. The number of amides is 1. The van der Waals surface area contributed by atoms with E-state index in [0.29, 0.717) is 13.0 Å². The predicted octanol–water partition coefficient (Wildman–Crippen LogP) is 5.90. The van der Waals surface area contributed by atoms with E-state index < -0.39 is 13.9 Å². The van der Waals surface area contributed by atoms with Gasteiger partial charge in [-0.1, -0.05) is 32.9 Å². The first kappa shape index (κ1) is 21.9. The van der Waals surface area contributed by atoms with E-state index in [4.69, 9.17) is 9.16 Å². The summed E-state index contributed by atoms with van der Waals surface area (Å²) in [6.45, 7) is 17.0. The van der Waals surface area contributed by atoms with Gasteiger partial charge < -0.3 is 9.16 Å². The molecule has 1 aromatic carbocycles. The van der Waals surface area contributed by atoms with Crippen molar-refractivity contribution in [2.45, 2.75) is 83.8 Å². The molecule has 0 saturated carbocycles. The molecule has 1 aromatic rings. The Morgan fingerprint density at radius 2 is 1.81 bits per heavy atom. The van der Waals surface area contributed by atoms with Crippen LogP contribution in [0.5, 0.6) is 0 Å². The quantitative estimate of drug-likeness (QED) is 0.598. The third-order valence-corrected chi connectivity index (χ3v) is 9.93. The Kier molecular flexibility index (Phi) is 6.12. The zero-order chi connectivity index (χ0) is 20.6. The minimum Gasteiger partial charge on any atom is -0.444 e. The minimum atomic E-state index is -1.98. The summed E-state index contributed by atoms with van der Waals surface area (Å²) in [5.74, 6) is -0.301. The average Bonchev–Trinajstić information content (AvgIpc) is 2.87. The third-order valence-electron chi connectivity index (χ3n) is 5.39. The molecule has 0 bridgehead atoms. The molecule has 1 aliphatic rings. The maximum atomic E-state index is 13.8. The summed E-state index contributed by atoms with van der Waals surface area (Å²) in [5, 5.41) is 0.0840. The molecule has 1 saturated heterocycles. The molecule has 2 atom stereocenters. The van der Waals surface area contributed by atoms with E-state index in [0.717, 1.165) is 5.56 Å². The molecule has 0 aromatic heterocycles. The number of hydrogen-bond donors (Lipinski definition) is 0. The lowest BCUT2D eigenvalue weighted by molar-refractivity contribution is 0.0208. The fourth-order valence-electron chi connectivity index (χ4n) is 3.03. The molecule has 0 N–H and O–H groups in total. The average molecular weight is 396 g/mol. The Bertz CT molecular complexity index is 679. The van der Waals surface area contributed by atoms with Crippen LogP contribution in [-0.2, 0) is 9.16 Å². The number of ether oxygens (including phenoxy) is 1. The molecule has 0 aliphatic carbocycles. The van der Waals surface area contributed by atoms with Crippen LogP contribution in [0.1, 0.15) is 59.6 Å². The molecule has 0 spiro atoms. The van der Waals surface area contributed by atoms with Gasteiger partial charge in [-0.2, -0.15) is 0 Å². The SMILES string of the molecule is CC(C)(C)OC(=O)N1CC(O[Si](C)(C)C(C)(C)C)CC1c1cccc(F)c1. The number of likely N-dealkylation sites (tertiary alicyclic amines) is 1. The van der Waals surface area contributed by atoms with Crippen LogP contribution in [0.2, 0.25) is 18.1 Å². The lowest BCUT2D eigenvalue weighted by atomic mass is 10.0. The number of carbonyl (C=O) groups excluding carboxylic acids is 1. The highest BCUT2D eigenvalue weighted by Crippen LogP contribution is 2.41. The second kappa shape index (κ2) is 7.55. The molecular formula is C21H34FNO3Si. The zero-order valence-corrected chi connectivity index (χ0v) is 18.9. The summed E-state index contributed by atoms with van der Waals surface area (Å²) in [4.78, 5) is 14.5. The van der Waals surface area contributed by atoms with Crippen molar-refractivity contribution in [3.05, 3.63) is 35.6 Å². The second-order valence-electron chi connectivity index (χ2n) is 9.94. The topological polar surface area (TPSA) is 38.8 Å². The largest absolute Gasteiger partial charge is 0.444 e.